The highest BCUT2D eigenvalue weighted by Gasteiger charge is 2.09. The van der Waals surface area contributed by atoms with Crippen molar-refractivity contribution in [3.05, 3.63) is 72.5 Å². The summed E-state index contributed by atoms with van der Waals surface area (Å²) < 4.78 is 5.72. The van der Waals surface area contributed by atoms with E-state index in [0.29, 0.717) is 31.7 Å². The number of rotatable bonds is 7. The third-order valence-electron chi connectivity index (χ3n) is 4.30. The van der Waals surface area contributed by atoms with Crippen LogP contribution < -0.4 is 5.32 Å². The van der Waals surface area contributed by atoms with E-state index in [1.807, 2.05) is 54.6 Å². The van der Waals surface area contributed by atoms with Crippen LogP contribution in [0.1, 0.15) is 18.1 Å². The topological polar surface area (TPSA) is 83.8 Å². The van der Waals surface area contributed by atoms with Crippen LogP contribution in [-0.2, 0) is 17.6 Å². The number of benzene rings is 2. The Morgan fingerprint density at radius 3 is 2.70 bits per heavy atom. The van der Waals surface area contributed by atoms with Crippen LogP contribution in [0.2, 0.25) is 0 Å². The minimum Gasteiger partial charge on any atom is -0.441 e. The van der Waals surface area contributed by atoms with E-state index in [9.17, 15) is 4.79 Å². The average Bonchev–Trinajstić information content (AvgIpc) is 3.34. The molecule has 0 atom stereocenters. The Morgan fingerprint density at radius 1 is 1.04 bits per heavy atom. The molecule has 0 bridgehead atoms. The second-order valence-corrected chi connectivity index (χ2v) is 6.28. The van der Waals surface area contributed by atoms with E-state index >= 15 is 0 Å². The van der Waals surface area contributed by atoms with Gasteiger partial charge in [-0.05, 0) is 12.1 Å². The molecule has 4 aromatic rings. The number of aromatic nitrogens is 3. The van der Waals surface area contributed by atoms with Gasteiger partial charge in [-0.2, -0.15) is 0 Å². The van der Waals surface area contributed by atoms with E-state index in [1.54, 1.807) is 6.20 Å². The maximum Gasteiger partial charge on any atom is 0.220 e. The van der Waals surface area contributed by atoms with Crippen molar-refractivity contribution < 1.29 is 9.21 Å². The monoisotopic (exact) mass is 360 g/mol. The van der Waals surface area contributed by atoms with Crippen LogP contribution >= 0.6 is 0 Å². The van der Waals surface area contributed by atoms with Crippen molar-refractivity contribution in [3.63, 3.8) is 0 Å². The highest BCUT2D eigenvalue weighted by atomic mass is 16.4. The molecule has 0 saturated carbocycles. The number of carbonyl (C=O) groups is 1. The lowest BCUT2D eigenvalue weighted by Crippen LogP contribution is -2.26. The predicted molar refractivity (Wildman–Crippen MR) is 103 cm³/mol. The number of aryl methyl sites for hydroxylation is 1. The largest absolute Gasteiger partial charge is 0.441 e. The van der Waals surface area contributed by atoms with E-state index in [-0.39, 0.29) is 5.91 Å². The number of amides is 1. The first kappa shape index (κ1) is 17.0. The molecular formula is C21H20N4O2. The van der Waals surface area contributed by atoms with Gasteiger partial charge >= 0.3 is 0 Å². The Morgan fingerprint density at radius 2 is 1.85 bits per heavy atom. The van der Waals surface area contributed by atoms with Crippen molar-refractivity contribution in [2.24, 2.45) is 0 Å². The minimum atomic E-state index is -0.0226. The molecular weight excluding hydrogens is 340 g/mol. The molecule has 4 rings (SSSR count). The molecule has 6 heteroatoms. The Kier molecular flexibility index (Phi) is 4.96. The van der Waals surface area contributed by atoms with Gasteiger partial charge in [-0.25, -0.2) is 9.97 Å². The number of imidazole rings is 1. The van der Waals surface area contributed by atoms with Crippen LogP contribution in [0, 0.1) is 0 Å². The van der Waals surface area contributed by atoms with Crippen LogP contribution in [0.3, 0.4) is 0 Å². The number of hydrogen-bond acceptors (Lipinski definition) is 4. The quantitative estimate of drug-likeness (QED) is 0.528. The summed E-state index contributed by atoms with van der Waals surface area (Å²) in [6.07, 6.45) is 3.18. The molecule has 0 spiro atoms. The van der Waals surface area contributed by atoms with Crippen molar-refractivity contribution in [3.8, 4) is 11.3 Å². The summed E-state index contributed by atoms with van der Waals surface area (Å²) in [5.74, 6) is 2.14. The highest BCUT2D eigenvalue weighted by Crippen LogP contribution is 2.20. The molecule has 2 heterocycles. The zero-order valence-electron chi connectivity index (χ0n) is 14.8. The second kappa shape index (κ2) is 7.86. The zero-order chi connectivity index (χ0) is 18.5. The fraction of sp³-hybridized carbons (Fsp3) is 0.190. The van der Waals surface area contributed by atoms with E-state index in [0.717, 1.165) is 28.2 Å². The lowest BCUT2D eigenvalue weighted by molar-refractivity contribution is -0.121. The summed E-state index contributed by atoms with van der Waals surface area (Å²) in [5, 5.41) is 2.92. The molecule has 2 aromatic carbocycles. The van der Waals surface area contributed by atoms with Crippen molar-refractivity contribution >= 4 is 16.9 Å². The maximum atomic E-state index is 12.0. The van der Waals surface area contributed by atoms with Gasteiger partial charge in [-0.3, -0.25) is 4.79 Å². The lowest BCUT2D eigenvalue weighted by atomic mass is 10.2. The minimum absolute atomic E-state index is 0.0226. The van der Waals surface area contributed by atoms with Crippen molar-refractivity contribution in [2.45, 2.75) is 19.3 Å². The smallest absolute Gasteiger partial charge is 0.220 e. The lowest BCUT2D eigenvalue weighted by Gasteiger charge is -2.02. The third kappa shape index (κ3) is 4.23. The van der Waals surface area contributed by atoms with E-state index in [4.69, 9.17) is 4.42 Å². The van der Waals surface area contributed by atoms with Crippen LogP contribution in [0.25, 0.3) is 22.4 Å². The summed E-state index contributed by atoms with van der Waals surface area (Å²) in [6.45, 7) is 0.541. The van der Waals surface area contributed by atoms with E-state index in [2.05, 4.69) is 20.3 Å². The molecule has 0 aliphatic carbocycles. The van der Waals surface area contributed by atoms with Crippen LogP contribution in [-0.4, -0.2) is 27.4 Å². The molecule has 27 heavy (non-hydrogen) atoms. The van der Waals surface area contributed by atoms with Gasteiger partial charge in [0.25, 0.3) is 0 Å². The second-order valence-electron chi connectivity index (χ2n) is 6.28. The first-order chi connectivity index (χ1) is 13.3. The molecule has 0 radical (unpaired) electrons. The Labute approximate surface area is 156 Å². The SMILES string of the molecule is O=C(CCc1ncc(-c2ccccc2)o1)NCCc1nc2ccccc2[nH]1. The molecule has 2 aromatic heterocycles. The van der Waals surface area contributed by atoms with Gasteiger partial charge in [0.15, 0.2) is 11.7 Å². The fourth-order valence-electron chi connectivity index (χ4n) is 2.91. The molecule has 6 nitrogen and oxygen atoms in total. The molecule has 0 fully saturated rings. The molecule has 0 aliphatic heterocycles. The first-order valence-corrected chi connectivity index (χ1v) is 8.98. The number of H-pyrrole nitrogens is 1. The number of nitrogens with zero attached hydrogens (tertiary/aromatic N) is 2. The molecule has 0 unspecified atom stereocenters. The summed E-state index contributed by atoms with van der Waals surface area (Å²) in [6, 6.07) is 17.7. The number of aromatic amines is 1. The summed E-state index contributed by atoms with van der Waals surface area (Å²) >= 11 is 0. The van der Waals surface area contributed by atoms with Gasteiger partial charge in [0, 0.05) is 31.4 Å². The van der Waals surface area contributed by atoms with Crippen LogP contribution in [0.15, 0.2) is 65.2 Å². The van der Waals surface area contributed by atoms with Crippen molar-refractivity contribution in [1.29, 1.82) is 0 Å². The van der Waals surface area contributed by atoms with Gasteiger partial charge in [-0.15, -0.1) is 0 Å². The molecule has 0 aliphatic rings. The number of oxazole rings is 1. The van der Waals surface area contributed by atoms with Gasteiger partial charge in [0.2, 0.25) is 5.91 Å². The number of nitrogens with one attached hydrogen (secondary N) is 2. The van der Waals surface area contributed by atoms with Gasteiger partial charge in [-0.1, -0.05) is 42.5 Å². The fourth-order valence-corrected chi connectivity index (χ4v) is 2.91. The van der Waals surface area contributed by atoms with Gasteiger partial charge in [0.1, 0.15) is 5.82 Å². The zero-order valence-corrected chi connectivity index (χ0v) is 14.8. The van der Waals surface area contributed by atoms with Gasteiger partial charge < -0.3 is 14.7 Å². The molecule has 0 saturated heterocycles. The Hall–Kier alpha value is -3.41. The number of fused-ring (bicyclic) bond motifs is 1. The normalized spacial score (nSPS) is 11.0. The van der Waals surface area contributed by atoms with Crippen LogP contribution in [0.5, 0.6) is 0 Å². The maximum absolute atomic E-state index is 12.0. The predicted octanol–water partition coefficient (Wildman–Crippen LogP) is 3.51. The van der Waals surface area contributed by atoms with E-state index < -0.39 is 0 Å². The number of carbonyl (C=O) groups excluding carboxylic acids is 1. The van der Waals surface area contributed by atoms with Crippen molar-refractivity contribution in [2.75, 3.05) is 6.54 Å². The highest BCUT2D eigenvalue weighted by molar-refractivity contribution is 5.76. The van der Waals surface area contributed by atoms with Crippen LogP contribution in [0.4, 0.5) is 0 Å². The number of hydrogen-bond donors (Lipinski definition) is 2. The summed E-state index contributed by atoms with van der Waals surface area (Å²) in [5.41, 5.74) is 2.93. The standard InChI is InChI=1S/C21H20N4O2/c26-20(22-13-12-19-24-16-8-4-5-9-17(16)25-19)10-11-21-23-14-18(27-21)15-6-2-1-3-7-15/h1-9,14H,10-13H2,(H,22,26)(H,24,25). The summed E-state index contributed by atoms with van der Waals surface area (Å²) in [4.78, 5) is 24.1. The number of para-hydroxylation sites is 2. The summed E-state index contributed by atoms with van der Waals surface area (Å²) in [7, 11) is 0. The van der Waals surface area contributed by atoms with Gasteiger partial charge in [0.05, 0.1) is 17.2 Å². The molecule has 1 amide bonds. The molecule has 2 N–H and O–H groups in total. The molecule has 136 valence electrons. The van der Waals surface area contributed by atoms with Crippen molar-refractivity contribution in [1.82, 2.24) is 20.3 Å². The third-order valence-corrected chi connectivity index (χ3v) is 4.30. The Bertz CT molecular complexity index is 1000. The van der Waals surface area contributed by atoms with E-state index in [1.165, 1.54) is 0 Å². The first-order valence-electron chi connectivity index (χ1n) is 8.98. The average molecular weight is 360 g/mol. The Balaban J connectivity index is 1.23.